The van der Waals surface area contributed by atoms with Gasteiger partial charge in [0.2, 0.25) is 6.79 Å². The lowest BCUT2D eigenvalue weighted by molar-refractivity contribution is 0.173. The molecule has 2 aromatic rings. The Morgan fingerprint density at radius 2 is 2.00 bits per heavy atom. The Balaban J connectivity index is 1.66. The Morgan fingerprint density at radius 3 is 2.90 bits per heavy atom. The van der Waals surface area contributed by atoms with E-state index < -0.39 is 0 Å². The third kappa shape index (κ3) is 3.28. The molecule has 1 aliphatic rings. The minimum Gasteiger partial charge on any atom is -0.454 e. The fraction of sp³-hybridized carbons (Fsp3) is 0.294. The molecule has 0 spiro atoms. The number of benzene rings is 2. The molecular weight excluding hydrogens is 266 g/mol. The molecule has 0 saturated heterocycles. The predicted molar refractivity (Wildman–Crippen MR) is 81.7 cm³/mol. The first kappa shape index (κ1) is 13.8. The van der Waals surface area contributed by atoms with E-state index in [-0.39, 0.29) is 6.61 Å². The number of hydrogen-bond acceptors (Lipinski definition) is 4. The summed E-state index contributed by atoms with van der Waals surface area (Å²) in [7, 11) is 0. The van der Waals surface area contributed by atoms with Gasteiger partial charge in [0.05, 0.1) is 0 Å². The van der Waals surface area contributed by atoms with Gasteiger partial charge < -0.3 is 19.9 Å². The zero-order valence-corrected chi connectivity index (χ0v) is 11.8. The number of aliphatic hydroxyl groups is 1. The van der Waals surface area contributed by atoms with E-state index in [0.717, 1.165) is 35.6 Å². The van der Waals surface area contributed by atoms with Crippen LogP contribution in [0.2, 0.25) is 0 Å². The predicted octanol–water partition coefficient (Wildman–Crippen LogP) is 2.95. The van der Waals surface area contributed by atoms with Crippen molar-refractivity contribution in [2.75, 3.05) is 18.7 Å². The van der Waals surface area contributed by atoms with Crippen molar-refractivity contribution in [1.82, 2.24) is 0 Å². The van der Waals surface area contributed by atoms with Crippen molar-refractivity contribution >= 4 is 5.69 Å². The third-order valence-corrected chi connectivity index (χ3v) is 3.51. The van der Waals surface area contributed by atoms with Crippen molar-refractivity contribution in [2.45, 2.75) is 19.4 Å². The molecule has 0 fully saturated rings. The number of hydrogen-bond donors (Lipinski definition) is 2. The van der Waals surface area contributed by atoms with E-state index >= 15 is 0 Å². The van der Waals surface area contributed by atoms with Gasteiger partial charge in [-0.2, -0.15) is 0 Å². The van der Waals surface area contributed by atoms with Gasteiger partial charge in [-0.3, -0.25) is 0 Å². The summed E-state index contributed by atoms with van der Waals surface area (Å²) in [5.74, 6) is 1.65. The quantitative estimate of drug-likeness (QED) is 0.857. The molecule has 0 saturated carbocycles. The molecule has 4 nitrogen and oxygen atoms in total. The maximum Gasteiger partial charge on any atom is 0.231 e. The minimum atomic E-state index is 0.227. The summed E-state index contributed by atoms with van der Waals surface area (Å²) in [6.45, 7) is 1.21. The third-order valence-electron chi connectivity index (χ3n) is 3.51. The minimum absolute atomic E-state index is 0.227. The highest BCUT2D eigenvalue weighted by atomic mass is 16.7. The molecule has 0 amide bonds. The van der Waals surface area contributed by atoms with E-state index in [0.29, 0.717) is 13.3 Å². The SMILES string of the molecule is OCCCc1cccc(NCc2cccc3c2OCO3)c1. The Labute approximate surface area is 124 Å². The van der Waals surface area contributed by atoms with Gasteiger partial charge in [0, 0.05) is 24.4 Å². The average Bonchev–Trinajstić information content (AvgIpc) is 3.00. The van der Waals surface area contributed by atoms with E-state index in [1.54, 1.807) is 0 Å². The van der Waals surface area contributed by atoms with E-state index in [1.165, 1.54) is 5.56 Å². The number of rotatable bonds is 6. The lowest BCUT2D eigenvalue weighted by Crippen LogP contribution is -2.01. The summed E-state index contributed by atoms with van der Waals surface area (Å²) in [5, 5.41) is 12.3. The van der Waals surface area contributed by atoms with Crippen molar-refractivity contribution in [3.05, 3.63) is 53.6 Å². The average molecular weight is 285 g/mol. The van der Waals surface area contributed by atoms with Crippen molar-refractivity contribution in [3.63, 3.8) is 0 Å². The molecule has 0 atom stereocenters. The molecule has 110 valence electrons. The van der Waals surface area contributed by atoms with Gasteiger partial charge in [-0.1, -0.05) is 24.3 Å². The normalized spacial score (nSPS) is 12.4. The zero-order valence-electron chi connectivity index (χ0n) is 11.8. The van der Waals surface area contributed by atoms with Crippen LogP contribution in [0.5, 0.6) is 11.5 Å². The maximum absolute atomic E-state index is 8.90. The molecule has 0 unspecified atom stereocenters. The first-order valence-electron chi connectivity index (χ1n) is 7.18. The van der Waals surface area contributed by atoms with Crippen LogP contribution in [0, 0.1) is 0 Å². The van der Waals surface area contributed by atoms with Crippen LogP contribution in [0.4, 0.5) is 5.69 Å². The lowest BCUT2D eigenvalue weighted by Gasteiger charge is -2.10. The number of aryl methyl sites for hydroxylation is 1. The van der Waals surface area contributed by atoms with Gasteiger partial charge in [0.1, 0.15) is 0 Å². The Hall–Kier alpha value is -2.20. The molecule has 2 aromatic carbocycles. The number of anilines is 1. The summed E-state index contributed by atoms with van der Waals surface area (Å²) in [5.41, 5.74) is 3.39. The van der Waals surface area contributed by atoms with Crippen LogP contribution in [0.3, 0.4) is 0 Å². The van der Waals surface area contributed by atoms with Crippen LogP contribution < -0.4 is 14.8 Å². The van der Waals surface area contributed by atoms with Crippen molar-refractivity contribution in [2.24, 2.45) is 0 Å². The van der Waals surface area contributed by atoms with Gasteiger partial charge in [-0.25, -0.2) is 0 Å². The standard InChI is InChI=1S/C17H19NO3/c19-9-3-5-13-4-1-7-15(10-13)18-11-14-6-2-8-16-17(14)21-12-20-16/h1-2,4,6-8,10,18-19H,3,5,9,11-12H2. The second-order valence-corrected chi connectivity index (χ2v) is 5.03. The van der Waals surface area contributed by atoms with Crippen molar-refractivity contribution < 1.29 is 14.6 Å². The monoisotopic (exact) mass is 285 g/mol. The fourth-order valence-electron chi connectivity index (χ4n) is 2.45. The van der Waals surface area contributed by atoms with E-state index in [9.17, 15) is 0 Å². The van der Waals surface area contributed by atoms with Crippen LogP contribution in [0.15, 0.2) is 42.5 Å². The van der Waals surface area contributed by atoms with Gasteiger partial charge in [0.25, 0.3) is 0 Å². The number of fused-ring (bicyclic) bond motifs is 1. The van der Waals surface area contributed by atoms with Gasteiger partial charge in [0.15, 0.2) is 11.5 Å². The number of aliphatic hydroxyl groups excluding tert-OH is 1. The lowest BCUT2D eigenvalue weighted by atomic mass is 10.1. The van der Waals surface area contributed by atoms with Crippen LogP contribution in [0.1, 0.15) is 17.5 Å². The first-order valence-corrected chi connectivity index (χ1v) is 7.18. The maximum atomic E-state index is 8.90. The molecule has 0 bridgehead atoms. The molecule has 2 N–H and O–H groups in total. The number of ether oxygens (including phenoxy) is 2. The molecule has 0 radical (unpaired) electrons. The molecule has 0 aliphatic carbocycles. The van der Waals surface area contributed by atoms with Gasteiger partial charge >= 0.3 is 0 Å². The molecule has 3 rings (SSSR count). The first-order chi connectivity index (χ1) is 10.4. The van der Waals surface area contributed by atoms with Gasteiger partial charge in [-0.05, 0) is 36.6 Å². The highest BCUT2D eigenvalue weighted by molar-refractivity contribution is 5.51. The van der Waals surface area contributed by atoms with E-state index in [4.69, 9.17) is 14.6 Å². The second kappa shape index (κ2) is 6.50. The smallest absolute Gasteiger partial charge is 0.231 e. The topological polar surface area (TPSA) is 50.7 Å². The van der Waals surface area contributed by atoms with Crippen LogP contribution >= 0.6 is 0 Å². The highest BCUT2D eigenvalue weighted by Crippen LogP contribution is 2.35. The van der Waals surface area contributed by atoms with E-state index in [2.05, 4.69) is 17.4 Å². The number of para-hydroxylation sites is 1. The Kier molecular flexibility index (Phi) is 4.26. The van der Waals surface area contributed by atoms with Crippen LogP contribution in [0.25, 0.3) is 0 Å². The summed E-state index contributed by atoms with van der Waals surface area (Å²) < 4.78 is 10.9. The molecule has 0 aromatic heterocycles. The molecule has 21 heavy (non-hydrogen) atoms. The molecular formula is C17H19NO3. The Bertz CT molecular complexity index is 613. The van der Waals surface area contributed by atoms with Crippen LogP contribution in [-0.4, -0.2) is 18.5 Å². The second-order valence-electron chi connectivity index (χ2n) is 5.03. The molecule has 1 aliphatic heterocycles. The Morgan fingerprint density at radius 1 is 1.10 bits per heavy atom. The van der Waals surface area contributed by atoms with Gasteiger partial charge in [-0.15, -0.1) is 0 Å². The molecule has 4 heteroatoms. The van der Waals surface area contributed by atoms with E-state index in [1.807, 2.05) is 30.3 Å². The number of nitrogens with one attached hydrogen (secondary N) is 1. The van der Waals surface area contributed by atoms with Crippen molar-refractivity contribution in [3.8, 4) is 11.5 Å². The summed E-state index contributed by atoms with van der Waals surface area (Å²) in [4.78, 5) is 0. The fourth-order valence-corrected chi connectivity index (χ4v) is 2.45. The van der Waals surface area contributed by atoms with Crippen molar-refractivity contribution in [1.29, 1.82) is 0 Å². The zero-order chi connectivity index (χ0) is 14.5. The summed E-state index contributed by atoms with van der Waals surface area (Å²) in [6, 6.07) is 14.2. The summed E-state index contributed by atoms with van der Waals surface area (Å²) in [6.07, 6.45) is 1.69. The largest absolute Gasteiger partial charge is 0.454 e. The molecule has 1 heterocycles. The van der Waals surface area contributed by atoms with Crippen LogP contribution in [-0.2, 0) is 13.0 Å². The summed E-state index contributed by atoms with van der Waals surface area (Å²) >= 11 is 0. The highest BCUT2D eigenvalue weighted by Gasteiger charge is 2.16.